The lowest BCUT2D eigenvalue weighted by Gasteiger charge is -2.23. The van der Waals surface area contributed by atoms with Gasteiger partial charge >= 0.3 is 12.2 Å². The van der Waals surface area contributed by atoms with E-state index in [1.807, 2.05) is 39.6 Å². The highest BCUT2D eigenvalue weighted by Crippen LogP contribution is 2.28. The number of carbonyl (C=O) groups excluding carboxylic acids is 2. The highest BCUT2D eigenvalue weighted by Gasteiger charge is 2.13. The van der Waals surface area contributed by atoms with Gasteiger partial charge in [0.15, 0.2) is 0 Å². The maximum Gasteiger partial charge on any atom is 0.412 e. The molecule has 8 nitrogen and oxygen atoms in total. The van der Waals surface area contributed by atoms with Gasteiger partial charge in [-0.25, -0.2) is 14.6 Å². The van der Waals surface area contributed by atoms with Crippen LogP contribution in [0.3, 0.4) is 0 Å². The molecule has 0 unspecified atom stereocenters. The summed E-state index contributed by atoms with van der Waals surface area (Å²) in [4.78, 5) is 32.5. The third-order valence-electron chi connectivity index (χ3n) is 7.15. The summed E-state index contributed by atoms with van der Waals surface area (Å²) in [5, 5.41) is 2.71. The summed E-state index contributed by atoms with van der Waals surface area (Å²) in [7, 11) is 11.0. The highest BCUT2D eigenvalue weighted by molar-refractivity contribution is 8.77. The van der Waals surface area contributed by atoms with Crippen LogP contribution in [-0.2, 0) is 9.47 Å². The number of hydrogen-bond acceptors (Lipinski definition) is 10. The van der Waals surface area contributed by atoms with Crippen LogP contribution in [0.2, 0.25) is 0 Å². The van der Waals surface area contributed by atoms with Gasteiger partial charge in [0.25, 0.3) is 0 Å². The van der Waals surface area contributed by atoms with E-state index in [1.165, 1.54) is 51.4 Å². The lowest BCUT2D eigenvalue weighted by molar-refractivity contribution is 0.118. The number of aromatic nitrogens is 1. The predicted octanol–water partition coefficient (Wildman–Crippen LogP) is 9.33. The minimum atomic E-state index is -0.506. The summed E-state index contributed by atoms with van der Waals surface area (Å²) < 4.78 is 10.8. The Bertz CT molecular complexity index is 871. The lowest BCUT2D eigenvalue weighted by Crippen LogP contribution is -2.35. The van der Waals surface area contributed by atoms with Crippen molar-refractivity contribution in [2.45, 2.75) is 79.1 Å². The van der Waals surface area contributed by atoms with Crippen molar-refractivity contribution in [1.29, 1.82) is 0 Å². The summed E-state index contributed by atoms with van der Waals surface area (Å²) in [6.07, 6.45) is 11.0. The maximum absolute atomic E-state index is 12.4. The number of amides is 2. The van der Waals surface area contributed by atoms with E-state index in [9.17, 15) is 9.59 Å². The fraction of sp³-hybridized carbons (Fsp3) is 0.774. The Morgan fingerprint density at radius 3 is 2.00 bits per heavy atom. The molecule has 1 N–H and O–H groups in total. The van der Waals surface area contributed by atoms with E-state index >= 15 is 0 Å². The van der Waals surface area contributed by atoms with Crippen molar-refractivity contribution in [3.63, 3.8) is 0 Å². The summed E-state index contributed by atoms with van der Waals surface area (Å²) in [6.45, 7) is 10.9. The molecule has 1 aromatic heterocycles. The Balaban J connectivity index is 2.26. The smallest absolute Gasteiger partial charge is 0.412 e. The number of anilines is 2. The monoisotopic (exact) mass is 676 g/mol. The van der Waals surface area contributed by atoms with Crippen molar-refractivity contribution < 1.29 is 19.1 Å². The zero-order valence-corrected chi connectivity index (χ0v) is 30.6. The third kappa shape index (κ3) is 19.8. The second kappa shape index (κ2) is 26.1. The van der Waals surface area contributed by atoms with Crippen molar-refractivity contribution in [1.82, 2.24) is 9.88 Å². The largest absolute Gasteiger partial charge is 0.449 e. The van der Waals surface area contributed by atoms with Crippen molar-refractivity contribution >= 4 is 66.9 Å². The summed E-state index contributed by atoms with van der Waals surface area (Å²) in [6, 6.07) is 3.67. The van der Waals surface area contributed by atoms with E-state index in [4.69, 9.17) is 9.47 Å². The SMILES string of the molecule is CCCC[C@@H](CC)CSSCCOC(=O)Nc1cc(N(C)CCN(C)C(=O)OCCSSC[C@@H](CC)CCCC)ccn1. The molecule has 0 bridgehead atoms. The van der Waals surface area contributed by atoms with E-state index in [1.54, 1.807) is 45.8 Å². The zero-order chi connectivity index (χ0) is 31.7. The number of hydrogen-bond donors (Lipinski definition) is 1. The molecule has 2 amide bonds. The summed E-state index contributed by atoms with van der Waals surface area (Å²) >= 11 is 0. The molecule has 43 heavy (non-hydrogen) atoms. The predicted molar refractivity (Wildman–Crippen MR) is 193 cm³/mol. The molecule has 0 spiro atoms. The van der Waals surface area contributed by atoms with Crippen LogP contribution >= 0.6 is 43.2 Å². The van der Waals surface area contributed by atoms with Gasteiger partial charge in [0, 0.05) is 68.1 Å². The van der Waals surface area contributed by atoms with Crippen LogP contribution in [0.5, 0.6) is 0 Å². The van der Waals surface area contributed by atoms with Crippen LogP contribution in [-0.4, -0.2) is 85.5 Å². The van der Waals surface area contributed by atoms with Crippen LogP contribution in [0.1, 0.15) is 79.1 Å². The standard InChI is InChI=1S/C31H56N4O4S4/c1-7-11-13-26(9-3)24-42-40-21-19-38-30(36)33-29-23-28(15-16-32-29)34(5)17-18-35(6)31(37)39-20-22-41-43-25-27(10-4)14-12-8-2/h15-16,23,26-27H,7-14,17-22,24-25H2,1-6H3,(H,32,33,36)/t26-,27+/m1/s1. The van der Waals surface area contributed by atoms with Crippen molar-refractivity contribution in [3.8, 4) is 0 Å². The molecule has 1 heterocycles. The highest BCUT2D eigenvalue weighted by atomic mass is 33.1. The number of nitrogens with one attached hydrogen (secondary N) is 1. The Kier molecular flexibility index (Phi) is 24.3. The molecule has 0 radical (unpaired) electrons. The van der Waals surface area contributed by atoms with Gasteiger partial charge < -0.3 is 19.3 Å². The van der Waals surface area contributed by atoms with E-state index in [2.05, 4.69) is 38.0 Å². The summed E-state index contributed by atoms with van der Waals surface area (Å²) in [5.41, 5.74) is 0.880. The molecule has 0 saturated heterocycles. The molecule has 0 aliphatic carbocycles. The number of unbranched alkanes of at least 4 members (excludes halogenated alkanes) is 2. The second-order valence-corrected chi connectivity index (χ2v) is 15.9. The Morgan fingerprint density at radius 1 is 0.860 bits per heavy atom. The first-order valence-corrected chi connectivity index (χ1v) is 20.8. The lowest BCUT2D eigenvalue weighted by atomic mass is 10.0. The van der Waals surface area contributed by atoms with Crippen LogP contribution in [0.25, 0.3) is 0 Å². The number of ether oxygens (including phenoxy) is 2. The third-order valence-corrected chi connectivity index (χ3v) is 12.2. The molecule has 12 heteroatoms. The topological polar surface area (TPSA) is 84.0 Å². The first kappa shape index (κ1) is 39.9. The molecule has 1 aromatic rings. The Labute approximate surface area is 277 Å². The Hall–Kier alpha value is -1.11. The number of likely N-dealkylation sites (N-methyl/N-ethyl adjacent to an activating group) is 2. The average molecular weight is 677 g/mol. The molecular formula is C31H56N4O4S4. The molecule has 1 rings (SSSR count). The van der Waals surface area contributed by atoms with Crippen molar-refractivity contribution in [2.75, 3.05) is 73.6 Å². The molecule has 0 saturated carbocycles. The maximum atomic E-state index is 12.4. The minimum absolute atomic E-state index is 0.313. The number of pyridine rings is 1. The van der Waals surface area contributed by atoms with Crippen LogP contribution in [0.4, 0.5) is 21.1 Å². The van der Waals surface area contributed by atoms with Gasteiger partial charge in [0.05, 0.1) is 0 Å². The minimum Gasteiger partial charge on any atom is -0.449 e. The summed E-state index contributed by atoms with van der Waals surface area (Å²) in [5.74, 6) is 5.82. The fourth-order valence-electron chi connectivity index (χ4n) is 4.03. The van der Waals surface area contributed by atoms with Gasteiger partial charge in [0.1, 0.15) is 19.0 Å². The quantitative estimate of drug-likeness (QED) is 0.0799. The van der Waals surface area contributed by atoms with E-state index in [-0.39, 0.29) is 6.09 Å². The zero-order valence-electron chi connectivity index (χ0n) is 27.3. The van der Waals surface area contributed by atoms with Crippen LogP contribution in [0, 0.1) is 11.8 Å². The fourth-order valence-corrected chi connectivity index (χ4v) is 8.80. The molecule has 0 aromatic carbocycles. The van der Waals surface area contributed by atoms with Gasteiger partial charge in [-0.3, -0.25) is 5.32 Å². The van der Waals surface area contributed by atoms with Gasteiger partial charge in [-0.05, 0) is 30.7 Å². The van der Waals surface area contributed by atoms with E-state index in [0.717, 1.165) is 40.5 Å². The molecule has 0 fully saturated rings. The average Bonchev–Trinajstić information content (AvgIpc) is 3.01. The van der Waals surface area contributed by atoms with Crippen molar-refractivity contribution in [3.05, 3.63) is 18.3 Å². The molecule has 248 valence electrons. The molecule has 0 aliphatic rings. The normalized spacial score (nSPS) is 12.4. The number of nitrogens with zero attached hydrogens (tertiary/aromatic N) is 3. The number of carbonyl (C=O) groups is 2. The van der Waals surface area contributed by atoms with Crippen molar-refractivity contribution in [2.24, 2.45) is 11.8 Å². The van der Waals surface area contributed by atoms with Gasteiger partial charge in [0.2, 0.25) is 0 Å². The van der Waals surface area contributed by atoms with Crippen LogP contribution < -0.4 is 10.2 Å². The molecular weight excluding hydrogens is 621 g/mol. The number of rotatable bonds is 25. The molecule has 0 aliphatic heterocycles. The van der Waals surface area contributed by atoms with Crippen LogP contribution in [0.15, 0.2) is 18.3 Å². The first-order chi connectivity index (χ1) is 20.8. The first-order valence-electron chi connectivity index (χ1n) is 15.8. The van der Waals surface area contributed by atoms with Gasteiger partial charge in [-0.2, -0.15) is 0 Å². The Morgan fingerprint density at radius 2 is 1.44 bits per heavy atom. The van der Waals surface area contributed by atoms with Gasteiger partial charge in [-0.15, -0.1) is 0 Å². The van der Waals surface area contributed by atoms with Gasteiger partial charge in [-0.1, -0.05) is 109 Å². The second-order valence-electron chi connectivity index (χ2n) is 10.7. The van der Waals surface area contributed by atoms with E-state index in [0.29, 0.717) is 32.1 Å². The van der Waals surface area contributed by atoms with E-state index < -0.39 is 6.09 Å². The molecule has 2 atom stereocenters.